The maximum Gasteiger partial charge on any atom is 0.230 e. The number of aromatic nitrogens is 3. The standard InChI is InChI=1S/C25H26BrN5O/c26-23-27-16-31(30-23)25-13-17-9-18(14-25)12-24(11-17,15-25)22(32)29-21-8-4-7-20(10-21)28-19-5-2-1-3-6-19/h1-8,10,16-18,28H,9,11-15H2,(H,29,32). The largest absolute Gasteiger partial charge is 0.355 e. The van der Waals surface area contributed by atoms with Crippen LogP contribution < -0.4 is 10.6 Å². The third-order valence-corrected chi connectivity index (χ3v) is 8.01. The molecule has 4 fully saturated rings. The van der Waals surface area contributed by atoms with Crippen LogP contribution in [0.5, 0.6) is 0 Å². The molecule has 4 aliphatic rings. The number of para-hydroxylation sites is 1. The summed E-state index contributed by atoms with van der Waals surface area (Å²) in [5, 5.41) is 11.3. The first kappa shape index (κ1) is 20.0. The molecule has 4 bridgehead atoms. The fourth-order valence-corrected chi connectivity index (χ4v) is 7.11. The van der Waals surface area contributed by atoms with E-state index in [1.54, 1.807) is 0 Å². The molecule has 2 N–H and O–H groups in total. The molecular formula is C25H26BrN5O. The average molecular weight is 492 g/mol. The first-order valence-electron chi connectivity index (χ1n) is 11.3. The predicted molar refractivity (Wildman–Crippen MR) is 128 cm³/mol. The van der Waals surface area contributed by atoms with Crippen LogP contribution in [0.25, 0.3) is 0 Å². The molecule has 2 atom stereocenters. The lowest BCUT2D eigenvalue weighted by Gasteiger charge is -2.60. The Hall–Kier alpha value is -2.67. The number of hydrogen-bond donors (Lipinski definition) is 2. The molecule has 4 aliphatic carbocycles. The summed E-state index contributed by atoms with van der Waals surface area (Å²) in [6.07, 6.45) is 8.08. The van der Waals surface area contributed by atoms with Gasteiger partial charge in [0, 0.05) is 17.1 Å². The number of amides is 1. The Balaban J connectivity index is 1.24. The zero-order valence-corrected chi connectivity index (χ0v) is 19.4. The van der Waals surface area contributed by atoms with E-state index >= 15 is 0 Å². The molecule has 6 nitrogen and oxygen atoms in total. The van der Waals surface area contributed by atoms with Crippen LogP contribution in [0, 0.1) is 17.3 Å². The predicted octanol–water partition coefficient (Wildman–Crippen LogP) is 5.72. The highest BCUT2D eigenvalue weighted by Crippen LogP contribution is 2.64. The molecule has 0 aliphatic heterocycles. The maximum absolute atomic E-state index is 13.7. The second kappa shape index (κ2) is 7.44. The summed E-state index contributed by atoms with van der Waals surface area (Å²) in [6.45, 7) is 0. The molecule has 0 spiro atoms. The van der Waals surface area contributed by atoms with Gasteiger partial charge in [-0.05, 0) is 96.6 Å². The lowest BCUT2D eigenvalue weighted by atomic mass is 9.46. The van der Waals surface area contributed by atoms with Crippen molar-refractivity contribution in [3.05, 3.63) is 65.7 Å². The third-order valence-electron chi connectivity index (χ3n) is 7.64. The highest BCUT2D eigenvalue weighted by atomic mass is 79.9. The zero-order valence-electron chi connectivity index (χ0n) is 17.8. The minimum Gasteiger partial charge on any atom is -0.355 e. The van der Waals surface area contributed by atoms with Crippen LogP contribution in [-0.2, 0) is 10.3 Å². The molecule has 164 valence electrons. The van der Waals surface area contributed by atoms with Crippen molar-refractivity contribution in [1.29, 1.82) is 0 Å². The van der Waals surface area contributed by atoms with Crippen molar-refractivity contribution in [3.8, 4) is 0 Å². The Morgan fingerprint density at radius 3 is 2.41 bits per heavy atom. The number of benzene rings is 2. The van der Waals surface area contributed by atoms with E-state index in [9.17, 15) is 4.79 Å². The molecule has 32 heavy (non-hydrogen) atoms. The monoisotopic (exact) mass is 491 g/mol. The summed E-state index contributed by atoms with van der Waals surface area (Å²) in [7, 11) is 0. The molecule has 3 aromatic rings. The van der Waals surface area contributed by atoms with Crippen LogP contribution >= 0.6 is 15.9 Å². The molecule has 4 saturated carbocycles. The highest BCUT2D eigenvalue weighted by Gasteiger charge is 2.61. The first-order chi connectivity index (χ1) is 15.5. The van der Waals surface area contributed by atoms with Gasteiger partial charge in [-0.2, -0.15) is 0 Å². The van der Waals surface area contributed by atoms with Crippen molar-refractivity contribution in [1.82, 2.24) is 14.8 Å². The van der Waals surface area contributed by atoms with E-state index in [0.29, 0.717) is 16.6 Å². The summed E-state index contributed by atoms with van der Waals surface area (Å²) < 4.78 is 2.66. The van der Waals surface area contributed by atoms with Crippen LogP contribution in [0.15, 0.2) is 65.7 Å². The highest BCUT2D eigenvalue weighted by molar-refractivity contribution is 9.10. The SMILES string of the molecule is O=C(Nc1cccc(Nc2ccccc2)c1)C12CC3CC(C1)CC(n1cnc(Br)n1)(C3)C2. The normalized spacial score (nSPS) is 30.3. The number of nitrogens with one attached hydrogen (secondary N) is 2. The third kappa shape index (κ3) is 3.43. The van der Waals surface area contributed by atoms with Gasteiger partial charge in [0.15, 0.2) is 0 Å². The Kier molecular flexibility index (Phi) is 4.64. The van der Waals surface area contributed by atoms with Gasteiger partial charge in [-0.1, -0.05) is 24.3 Å². The average Bonchev–Trinajstić information content (AvgIpc) is 3.21. The zero-order chi connectivity index (χ0) is 21.8. The topological polar surface area (TPSA) is 71.8 Å². The number of carbonyl (C=O) groups is 1. The fraction of sp³-hybridized carbons (Fsp3) is 0.400. The molecule has 0 saturated heterocycles. The van der Waals surface area contributed by atoms with Crippen LogP contribution in [0.2, 0.25) is 0 Å². The van der Waals surface area contributed by atoms with Crippen LogP contribution in [0.3, 0.4) is 0 Å². The lowest BCUT2D eigenvalue weighted by molar-refractivity contribution is -0.150. The van der Waals surface area contributed by atoms with E-state index in [1.807, 2.05) is 65.6 Å². The van der Waals surface area contributed by atoms with Crippen LogP contribution in [-0.4, -0.2) is 20.7 Å². The molecule has 2 aromatic carbocycles. The van der Waals surface area contributed by atoms with Crippen LogP contribution in [0.4, 0.5) is 17.1 Å². The minimum atomic E-state index is -0.328. The summed E-state index contributed by atoms with van der Waals surface area (Å²) >= 11 is 3.40. The van der Waals surface area contributed by atoms with Gasteiger partial charge < -0.3 is 10.6 Å². The molecule has 2 unspecified atom stereocenters. The summed E-state index contributed by atoms with van der Waals surface area (Å²) in [6, 6.07) is 18.0. The van der Waals surface area contributed by atoms with E-state index in [2.05, 4.69) is 36.6 Å². The summed E-state index contributed by atoms with van der Waals surface area (Å²) in [5.74, 6) is 1.32. The molecule has 7 rings (SSSR count). The van der Waals surface area contributed by atoms with E-state index in [0.717, 1.165) is 49.2 Å². The minimum absolute atomic E-state index is 0.0862. The van der Waals surface area contributed by atoms with Gasteiger partial charge in [-0.15, -0.1) is 5.10 Å². The molecule has 7 heteroatoms. The smallest absolute Gasteiger partial charge is 0.230 e. The molecule has 1 heterocycles. The molecule has 0 radical (unpaired) electrons. The van der Waals surface area contributed by atoms with Crippen molar-refractivity contribution >= 4 is 38.9 Å². The van der Waals surface area contributed by atoms with Gasteiger partial charge in [-0.3, -0.25) is 4.79 Å². The number of nitrogens with zero attached hydrogens (tertiary/aromatic N) is 3. The second-order valence-corrected chi connectivity index (χ2v) is 10.7. The van der Waals surface area contributed by atoms with E-state index in [-0.39, 0.29) is 16.9 Å². The van der Waals surface area contributed by atoms with Crippen molar-refractivity contribution in [2.45, 2.75) is 44.1 Å². The van der Waals surface area contributed by atoms with Crippen molar-refractivity contribution in [2.75, 3.05) is 10.6 Å². The number of halogens is 1. The molecule has 1 amide bonds. The number of anilines is 3. The molecule has 1 aromatic heterocycles. The lowest BCUT2D eigenvalue weighted by Crippen LogP contribution is -2.60. The second-order valence-electron chi connectivity index (χ2n) is 9.95. The number of rotatable bonds is 5. The van der Waals surface area contributed by atoms with Gasteiger partial charge in [-0.25, -0.2) is 9.67 Å². The fourth-order valence-electron chi connectivity index (χ4n) is 6.85. The van der Waals surface area contributed by atoms with E-state index < -0.39 is 0 Å². The molecular weight excluding hydrogens is 466 g/mol. The number of carbonyl (C=O) groups excluding carboxylic acids is 1. The van der Waals surface area contributed by atoms with Gasteiger partial charge in [0.25, 0.3) is 0 Å². The van der Waals surface area contributed by atoms with E-state index in [1.165, 1.54) is 6.42 Å². The van der Waals surface area contributed by atoms with Crippen molar-refractivity contribution in [2.24, 2.45) is 17.3 Å². The number of hydrogen-bond acceptors (Lipinski definition) is 4. The first-order valence-corrected chi connectivity index (χ1v) is 12.1. The Labute approximate surface area is 195 Å². The van der Waals surface area contributed by atoms with Crippen molar-refractivity contribution in [3.63, 3.8) is 0 Å². The Morgan fingerprint density at radius 2 is 1.69 bits per heavy atom. The summed E-state index contributed by atoms with van der Waals surface area (Å²) in [4.78, 5) is 18.0. The Morgan fingerprint density at radius 1 is 0.969 bits per heavy atom. The van der Waals surface area contributed by atoms with Gasteiger partial charge in [0.1, 0.15) is 6.33 Å². The van der Waals surface area contributed by atoms with Gasteiger partial charge in [0.2, 0.25) is 10.6 Å². The maximum atomic E-state index is 13.7. The Bertz CT molecular complexity index is 1150. The quantitative estimate of drug-likeness (QED) is 0.478. The van der Waals surface area contributed by atoms with E-state index in [4.69, 9.17) is 0 Å². The van der Waals surface area contributed by atoms with Crippen LogP contribution in [0.1, 0.15) is 38.5 Å². The summed E-state index contributed by atoms with van der Waals surface area (Å²) in [5.41, 5.74) is 2.41. The van der Waals surface area contributed by atoms with Gasteiger partial charge >= 0.3 is 0 Å². The van der Waals surface area contributed by atoms with Gasteiger partial charge in [0.05, 0.1) is 11.0 Å². The van der Waals surface area contributed by atoms with Crippen molar-refractivity contribution < 1.29 is 4.79 Å².